The van der Waals surface area contributed by atoms with Gasteiger partial charge in [-0.25, -0.2) is 9.88 Å². The van der Waals surface area contributed by atoms with Crippen molar-refractivity contribution in [2.45, 2.75) is 18.9 Å². The first-order valence-electron chi connectivity index (χ1n) is 10.5. The van der Waals surface area contributed by atoms with Gasteiger partial charge in [0, 0.05) is 17.0 Å². The molecule has 1 aromatic heterocycles. The van der Waals surface area contributed by atoms with E-state index in [9.17, 15) is 9.59 Å². The van der Waals surface area contributed by atoms with Gasteiger partial charge in [0.2, 0.25) is 11.8 Å². The van der Waals surface area contributed by atoms with Gasteiger partial charge in [-0.1, -0.05) is 35.9 Å². The topological polar surface area (TPSA) is 80.0 Å². The van der Waals surface area contributed by atoms with Gasteiger partial charge in [0.25, 0.3) is 5.91 Å². The number of nitrogens with two attached hydrogens (primary N) is 1. The molecule has 3 aromatic carbocycles. The first kappa shape index (κ1) is 20.4. The molecule has 2 N–H and O–H groups in total. The molecule has 1 unspecified atom stereocenters. The smallest absolute Gasteiger partial charge is 0.292 e. The number of hydrogen-bond donors (Lipinski definition) is 1. The van der Waals surface area contributed by atoms with Crippen LogP contribution in [0.5, 0.6) is 0 Å². The van der Waals surface area contributed by atoms with E-state index >= 15 is 0 Å². The van der Waals surface area contributed by atoms with Crippen LogP contribution in [0.3, 0.4) is 0 Å². The maximum absolute atomic E-state index is 12.9. The number of oxazole rings is 1. The summed E-state index contributed by atoms with van der Waals surface area (Å²) in [6, 6.07) is 22.0. The molecule has 6 nitrogen and oxygen atoms in total. The maximum Gasteiger partial charge on any atom is 0.292 e. The molecule has 4 aromatic rings. The Morgan fingerprint density at radius 3 is 2.50 bits per heavy atom. The van der Waals surface area contributed by atoms with Crippen molar-refractivity contribution in [3.05, 3.63) is 83.4 Å². The SMILES string of the molecule is O=C1CC([NH2+]CCc2ccc(Cl)cc2)C(=O)N1c1ccc(-c2nc3ccccc3o2)cc1. The van der Waals surface area contributed by atoms with Crippen LogP contribution >= 0.6 is 11.6 Å². The summed E-state index contributed by atoms with van der Waals surface area (Å²) in [5, 5.41) is 2.65. The Kier molecular flexibility index (Phi) is 5.47. The standard InChI is InChI=1S/C25H20ClN3O3/c26-18-9-5-16(6-10-18)13-14-27-21-15-23(30)29(25(21)31)19-11-7-17(8-12-19)24-28-20-3-1-2-4-22(20)32-24/h1-12,21,27H,13-15H2/p+1. The van der Waals surface area contributed by atoms with E-state index in [4.69, 9.17) is 16.0 Å². The number of nitrogens with zero attached hydrogens (tertiary/aromatic N) is 2. The summed E-state index contributed by atoms with van der Waals surface area (Å²) in [6.45, 7) is 0.718. The zero-order valence-corrected chi connectivity index (χ0v) is 18.0. The van der Waals surface area contributed by atoms with E-state index in [0.717, 1.165) is 29.6 Å². The van der Waals surface area contributed by atoms with Gasteiger partial charge < -0.3 is 9.73 Å². The molecule has 1 atom stereocenters. The first-order chi connectivity index (χ1) is 15.6. The molecule has 1 aliphatic heterocycles. The molecule has 2 amide bonds. The number of anilines is 1. The lowest BCUT2D eigenvalue weighted by molar-refractivity contribution is -0.674. The average Bonchev–Trinajstić information content (AvgIpc) is 3.36. The number of halogens is 1. The number of amides is 2. The molecule has 32 heavy (non-hydrogen) atoms. The summed E-state index contributed by atoms with van der Waals surface area (Å²) in [5.41, 5.74) is 4.00. The minimum Gasteiger partial charge on any atom is -0.436 e. The van der Waals surface area contributed by atoms with Gasteiger partial charge in [-0.3, -0.25) is 9.59 Å². The number of quaternary nitrogens is 1. The highest BCUT2D eigenvalue weighted by Crippen LogP contribution is 2.28. The lowest BCUT2D eigenvalue weighted by atomic mass is 10.1. The van der Waals surface area contributed by atoms with Gasteiger partial charge in [0.15, 0.2) is 11.6 Å². The van der Waals surface area contributed by atoms with Crippen LogP contribution in [0.4, 0.5) is 5.69 Å². The summed E-state index contributed by atoms with van der Waals surface area (Å²) in [4.78, 5) is 31.2. The first-order valence-corrected chi connectivity index (χ1v) is 10.9. The summed E-state index contributed by atoms with van der Waals surface area (Å²) in [5.74, 6) is 0.142. The van der Waals surface area contributed by atoms with E-state index in [1.165, 1.54) is 4.90 Å². The lowest BCUT2D eigenvalue weighted by Gasteiger charge is -2.14. The van der Waals surface area contributed by atoms with E-state index in [1.807, 2.05) is 66.0 Å². The van der Waals surface area contributed by atoms with Crippen LogP contribution in [0.15, 0.2) is 77.2 Å². The van der Waals surface area contributed by atoms with Crippen LogP contribution in [-0.2, 0) is 16.0 Å². The van der Waals surface area contributed by atoms with Crippen molar-refractivity contribution in [2.24, 2.45) is 0 Å². The van der Waals surface area contributed by atoms with E-state index in [-0.39, 0.29) is 18.2 Å². The Labute approximate surface area is 189 Å². The molecule has 160 valence electrons. The third kappa shape index (κ3) is 4.02. The fraction of sp³-hybridized carbons (Fsp3) is 0.160. The van der Waals surface area contributed by atoms with Crippen LogP contribution in [0.25, 0.3) is 22.6 Å². The number of rotatable bonds is 6. The highest BCUT2D eigenvalue weighted by Gasteiger charge is 2.42. The second-order valence-corrected chi connectivity index (χ2v) is 8.25. The van der Waals surface area contributed by atoms with Gasteiger partial charge in [0.1, 0.15) is 5.52 Å². The molecule has 0 saturated carbocycles. The number of benzene rings is 3. The van der Waals surface area contributed by atoms with Gasteiger partial charge in [-0.2, -0.15) is 0 Å². The molecule has 0 bridgehead atoms. The molecule has 0 aliphatic carbocycles. The largest absolute Gasteiger partial charge is 0.436 e. The van der Waals surface area contributed by atoms with Crippen molar-refractivity contribution < 1.29 is 19.3 Å². The molecule has 2 heterocycles. The molecule has 5 rings (SSSR count). The molecular formula is C25H21ClN3O3+. The minimum absolute atomic E-state index is 0.180. The Morgan fingerprint density at radius 2 is 1.75 bits per heavy atom. The second-order valence-electron chi connectivity index (χ2n) is 7.81. The fourth-order valence-corrected chi connectivity index (χ4v) is 4.09. The van der Waals surface area contributed by atoms with Crippen LogP contribution in [0, 0.1) is 0 Å². The van der Waals surface area contributed by atoms with E-state index < -0.39 is 6.04 Å². The predicted molar refractivity (Wildman–Crippen MR) is 122 cm³/mol. The van der Waals surface area contributed by atoms with Crippen LogP contribution < -0.4 is 10.2 Å². The molecule has 0 radical (unpaired) electrons. The monoisotopic (exact) mass is 446 g/mol. The van der Waals surface area contributed by atoms with E-state index in [2.05, 4.69) is 4.98 Å². The summed E-state index contributed by atoms with van der Waals surface area (Å²) < 4.78 is 5.80. The van der Waals surface area contributed by atoms with E-state index in [1.54, 1.807) is 12.1 Å². The number of imide groups is 1. The normalized spacial score (nSPS) is 16.3. The number of para-hydroxylation sites is 2. The molecule has 1 fully saturated rings. The summed E-state index contributed by atoms with van der Waals surface area (Å²) in [6.07, 6.45) is 1.00. The number of carbonyl (C=O) groups is 2. The lowest BCUT2D eigenvalue weighted by Crippen LogP contribution is -2.92. The average molecular weight is 447 g/mol. The quantitative estimate of drug-likeness (QED) is 0.459. The number of carbonyl (C=O) groups excluding carboxylic acids is 2. The number of aromatic nitrogens is 1. The van der Waals surface area contributed by atoms with E-state index in [0.29, 0.717) is 22.2 Å². The van der Waals surface area contributed by atoms with Crippen molar-refractivity contribution >= 4 is 40.2 Å². The Bertz CT molecular complexity index is 1250. The van der Waals surface area contributed by atoms with Gasteiger partial charge in [0.05, 0.1) is 18.7 Å². The fourth-order valence-electron chi connectivity index (χ4n) is 3.96. The summed E-state index contributed by atoms with van der Waals surface area (Å²) in [7, 11) is 0. The minimum atomic E-state index is -0.397. The maximum atomic E-state index is 12.9. The second kappa shape index (κ2) is 8.57. The highest BCUT2D eigenvalue weighted by atomic mass is 35.5. The van der Waals surface area contributed by atoms with Crippen molar-refractivity contribution in [2.75, 3.05) is 11.4 Å². The molecule has 0 spiro atoms. The van der Waals surface area contributed by atoms with Crippen molar-refractivity contribution in [3.8, 4) is 11.5 Å². The predicted octanol–water partition coefficient (Wildman–Crippen LogP) is 3.59. The van der Waals surface area contributed by atoms with Gasteiger partial charge >= 0.3 is 0 Å². The third-order valence-corrected chi connectivity index (χ3v) is 5.90. The highest BCUT2D eigenvalue weighted by molar-refractivity contribution is 6.30. The third-order valence-electron chi connectivity index (χ3n) is 5.65. The zero-order chi connectivity index (χ0) is 22.1. The Morgan fingerprint density at radius 1 is 1.00 bits per heavy atom. The molecular weight excluding hydrogens is 426 g/mol. The van der Waals surface area contributed by atoms with Crippen LogP contribution in [0.2, 0.25) is 5.02 Å². The molecule has 1 saturated heterocycles. The Balaban J connectivity index is 1.25. The number of hydrogen-bond acceptors (Lipinski definition) is 4. The van der Waals surface area contributed by atoms with Gasteiger partial charge in [-0.15, -0.1) is 0 Å². The van der Waals surface area contributed by atoms with Crippen LogP contribution in [-0.4, -0.2) is 29.4 Å². The van der Waals surface area contributed by atoms with Crippen molar-refractivity contribution in [1.29, 1.82) is 0 Å². The number of fused-ring (bicyclic) bond motifs is 1. The van der Waals surface area contributed by atoms with Gasteiger partial charge in [-0.05, 0) is 54.1 Å². The summed E-state index contributed by atoms with van der Waals surface area (Å²) >= 11 is 5.92. The van der Waals surface area contributed by atoms with Crippen LogP contribution in [0.1, 0.15) is 12.0 Å². The molecule has 7 heteroatoms. The zero-order valence-electron chi connectivity index (χ0n) is 17.2. The van der Waals surface area contributed by atoms with Crippen molar-refractivity contribution in [1.82, 2.24) is 4.98 Å². The Hall–Kier alpha value is -3.48. The van der Waals surface area contributed by atoms with Crippen molar-refractivity contribution in [3.63, 3.8) is 0 Å². The molecule has 1 aliphatic rings.